The molecule has 0 aromatic heterocycles. The SMILES string of the molecule is N=C/C(Cl)=C\Nc1cc(Cl)ccc1CN1CCNCC1. The molecule has 1 aromatic carbocycles. The van der Waals surface area contributed by atoms with Crippen molar-refractivity contribution in [1.82, 2.24) is 10.2 Å². The van der Waals surface area contributed by atoms with Gasteiger partial charge >= 0.3 is 0 Å². The lowest BCUT2D eigenvalue weighted by atomic mass is 10.1. The number of piperazine rings is 1. The molecule has 0 unspecified atom stereocenters. The number of benzene rings is 1. The first-order valence-electron chi connectivity index (χ1n) is 6.53. The summed E-state index contributed by atoms with van der Waals surface area (Å²) < 4.78 is 0. The molecule has 4 nitrogen and oxygen atoms in total. The van der Waals surface area contributed by atoms with Gasteiger partial charge in [-0.3, -0.25) is 4.90 Å². The first kappa shape index (κ1) is 15.3. The fraction of sp³-hybridized carbons (Fsp3) is 0.357. The van der Waals surface area contributed by atoms with E-state index in [-0.39, 0.29) is 0 Å². The molecule has 0 bridgehead atoms. The van der Waals surface area contributed by atoms with Crippen LogP contribution in [0.4, 0.5) is 5.69 Å². The van der Waals surface area contributed by atoms with Gasteiger partial charge in [-0.15, -0.1) is 0 Å². The second-order valence-corrected chi connectivity index (χ2v) is 5.52. The maximum Gasteiger partial charge on any atom is 0.0741 e. The summed E-state index contributed by atoms with van der Waals surface area (Å²) in [6, 6.07) is 5.80. The van der Waals surface area contributed by atoms with Crippen LogP contribution in [0.5, 0.6) is 0 Å². The average Bonchev–Trinajstić information content (AvgIpc) is 2.48. The van der Waals surface area contributed by atoms with E-state index in [4.69, 9.17) is 28.6 Å². The van der Waals surface area contributed by atoms with Crippen LogP contribution in [0.25, 0.3) is 0 Å². The van der Waals surface area contributed by atoms with Crippen LogP contribution in [0.15, 0.2) is 29.4 Å². The van der Waals surface area contributed by atoms with Gasteiger partial charge in [0.05, 0.1) is 5.03 Å². The number of nitrogens with one attached hydrogen (secondary N) is 3. The minimum Gasteiger partial charge on any atom is -0.360 e. The molecule has 0 saturated carbocycles. The van der Waals surface area contributed by atoms with Gasteiger partial charge in [0.1, 0.15) is 0 Å². The highest BCUT2D eigenvalue weighted by atomic mass is 35.5. The van der Waals surface area contributed by atoms with Crippen LogP contribution in [-0.2, 0) is 6.54 Å². The molecule has 0 spiro atoms. The number of hydrogen-bond acceptors (Lipinski definition) is 4. The lowest BCUT2D eigenvalue weighted by Gasteiger charge is -2.28. The third-order valence-electron chi connectivity index (χ3n) is 3.18. The number of anilines is 1. The zero-order valence-corrected chi connectivity index (χ0v) is 12.6. The van der Waals surface area contributed by atoms with E-state index in [0.717, 1.165) is 44.6 Å². The summed E-state index contributed by atoms with van der Waals surface area (Å²) in [4.78, 5) is 2.40. The van der Waals surface area contributed by atoms with Crippen LogP contribution in [-0.4, -0.2) is 37.3 Å². The van der Waals surface area contributed by atoms with Gasteiger partial charge in [0.25, 0.3) is 0 Å². The number of allylic oxidation sites excluding steroid dienone is 1. The summed E-state index contributed by atoms with van der Waals surface area (Å²) in [5.74, 6) is 0. The first-order chi connectivity index (χ1) is 9.69. The molecule has 0 amide bonds. The summed E-state index contributed by atoms with van der Waals surface area (Å²) in [7, 11) is 0. The fourth-order valence-corrected chi connectivity index (χ4v) is 2.35. The van der Waals surface area contributed by atoms with Gasteiger partial charge in [-0.1, -0.05) is 29.3 Å². The van der Waals surface area contributed by atoms with Crippen molar-refractivity contribution in [3.8, 4) is 0 Å². The van der Waals surface area contributed by atoms with Gasteiger partial charge < -0.3 is 16.0 Å². The van der Waals surface area contributed by atoms with E-state index in [2.05, 4.69) is 15.5 Å². The number of nitrogens with zero attached hydrogens (tertiary/aromatic N) is 1. The van der Waals surface area contributed by atoms with Gasteiger partial charge in [0.2, 0.25) is 0 Å². The molecule has 0 atom stereocenters. The Hall–Kier alpha value is -1.07. The van der Waals surface area contributed by atoms with Crippen LogP contribution in [0.3, 0.4) is 0 Å². The van der Waals surface area contributed by atoms with Crippen molar-refractivity contribution in [1.29, 1.82) is 5.41 Å². The first-order valence-corrected chi connectivity index (χ1v) is 7.29. The number of halogens is 2. The summed E-state index contributed by atoms with van der Waals surface area (Å²) >= 11 is 11.8. The molecule has 20 heavy (non-hydrogen) atoms. The van der Waals surface area contributed by atoms with E-state index in [1.807, 2.05) is 18.2 Å². The van der Waals surface area contributed by atoms with Crippen molar-refractivity contribution in [2.75, 3.05) is 31.5 Å². The van der Waals surface area contributed by atoms with Crippen molar-refractivity contribution in [3.05, 3.63) is 40.0 Å². The van der Waals surface area contributed by atoms with Gasteiger partial charge in [-0.25, -0.2) is 0 Å². The highest BCUT2D eigenvalue weighted by molar-refractivity contribution is 6.39. The minimum absolute atomic E-state index is 0.345. The molecular formula is C14H18Cl2N4. The highest BCUT2D eigenvalue weighted by Gasteiger charge is 2.12. The lowest BCUT2D eigenvalue weighted by molar-refractivity contribution is 0.233. The quantitative estimate of drug-likeness (QED) is 0.733. The van der Waals surface area contributed by atoms with Crippen molar-refractivity contribution < 1.29 is 0 Å². The largest absolute Gasteiger partial charge is 0.360 e. The Kier molecular flexibility index (Phi) is 5.86. The molecular weight excluding hydrogens is 295 g/mol. The zero-order valence-electron chi connectivity index (χ0n) is 11.1. The maximum absolute atomic E-state index is 7.07. The van der Waals surface area contributed by atoms with E-state index in [9.17, 15) is 0 Å². The van der Waals surface area contributed by atoms with E-state index in [1.165, 1.54) is 5.56 Å². The smallest absolute Gasteiger partial charge is 0.0741 e. The van der Waals surface area contributed by atoms with Crippen LogP contribution in [0, 0.1) is 5.41 Å². The molecule has 2 rings (SSSR count). The monoisotopic (exact) mass is 312 g/mol. The van der Waals surface area contributed by atoms with Gasteiger partial charge in [-0.05, 0) is 17.7 Å². The Morgan fingerprint density at radius 2 is 2.15 bits per heavy atom. The second kappa shape index (κ2) is 7.64. The lowest BCUT2D eigenvalue weighted by Crippen LogP contribution is -2.42. The average molecular weight is 313 g/mol. The molecule has 3 N–H and O–H groups in total. The zero-order chi connectivity index (χ0) is 14.4. The summed E-state index contributed by atoms with van der Waals surface area (Å²) in [6.45, 7) is 5.00. The molecule has 6 heteroatoms. The Morgan fingerprint density at radius 3 is 2.85 bits per heavy atom. The Bertz CT molecular complexity index is 496. The molecule has 108 valence electrons. The Labute approximate surface area is 129 Å². The fourth-order valence-electron chi connectivity index (χ4n) is 2.12. The van der Waals surface area contributed by atoms with Gasteiger partial charge in [-0.2, -0.15) is 0 Å². The van der Waals surface area contributed by atoms with E-state index in [1.54, 1.807) is 6.20 Å². The van der Waals surface area contributed by atoms with Crippen LogP contribution < -0.4 is 10.6 Å². The topological polar surface area (TPSA) is 51.2 Å². The number of hydrogen-bond donors (Lipinski definition) is 3. The summed E-state index contributed by atoms with van der Waals surface area (Å²) in [5, 5.41) is 14.6. The minimum atomic E-state index is 0.345. The third-order valence-corrected chi connectivity index (χ3v) is 3.63. The van der Waals surface area contributed by atoms with E-state index >= 15 is 0 Å². The van der Waals surface area contributed by atoms with Crippen molar-refractivity contribution in [2.45, 2.75) is 6.54 Å². The molecule has 1 aromatic rings. The van der Waals surface area contributed by atoms with Crippen molar-refractivity contribution in [3.63, 3.8) is 0 Å². The van der Waals surface area contributed by atoms with Crippen LogP contribution in [0.1, 0.15) is 5.56 Å². The van der Waals surface area contributed by atoms with Gasteiger partial charge in [0.15, 0.2) is 0 Å². The van der Waals surface area contributed by atoms with Crippen molar-refractivity contribution >= 4 is 35.1 Å². The van der Waals surface area contributed by atoms with Crippen LogP contribution in [0.2, 0.25) is 5.02 Å². The molecule has 1 heterocycles. The Morgan fingerprint density at radius 1 is 1.40 bits per heavy atom. The molecule has 0 radical (unpaired) electrons. The molecule has 0 aliphatic carbocycles. The maximum atomic E-state index is 7.07. The number of rotatable bonds is 5. The standard InChI is InChI=1S/C14H18Cl2N4/c15-12-2-1-11(10-20-5-3-18-4-6-20)14(7-12)19-9-13(16)8-17/h1-2,7-9,17-19H,3-6,10H2/b13-9+,17-8?. The normalized spacial score (nSPS) is 17.0. The van der Waals surface area contributed by atoms with Crippen LogP contribution >= 0.6 is 23.2 Å². The predicted octanol–water partition coefficient (Wildman–Crippen LogP) is 2.89. The summed E-state index contributed by atoms with van der Waals surface area (Å²) in [6.07, 6.45) is 2.69. The highest BCUT2D eigenvalue weighted by Crippen LogP contribution is 2.23. The Balaban J connectivity index is 2.12. The van der Waals surface area contributed by atoms with Gasteiger partial charge in [0, 0.05) is 55.8 Å². The van der Waals surface area contributed by atoms with E-state index < -0.39 is 0 Å². The van der Waals surface area contributed by atoms with E-state index in [0.29, 0.717) is 10.1 Å². The molecule has 1 aliphatic heterocycles. The second-order valence-electron chi connectivity index (χ2n) is 4.65. The molecule has 1 fully saturated rings. The molecule has 1 aliphatic rings. The third kappa shape index (κ3) is 4.49. The van der Waals surface area contributed by atoms with Crippen molar-refractivity contribution in [2.24, 2.45) is 0 Å². The summed E-state index contributed by atoms with van der Waals surface area (Å²) in [5.41, 5.74) is 2.10. The molecule has 1 saturated heterocycles. The predicted molar refractivity (Wildman–Crippen MR) is 85.9 cm³/mol.